The van der Waals surface area contributed by atoms with Gasteiger partial charge in [-0.3, -0.25) is 33.7 Å². The number of rotatable bonds is 14. The van der Waals surface area contributed by atoms with E-state index >= 15 is 0 Å². The second-order valence-corrected chi connectivity index (χ2v) is 18.5. The molecular weight excluding hydrogens is 664 g/mol. The van der Waals surface area contributed by atoms with E-state index in [1.165, 1.54) is 15.9 Å². The van der Waals surface area contributed by atoms with Crippen molar-refractivity contribution in [2.75, 3.05) is 19.6 Å². The van der Waals surface area contributed by atoms with Crippen LogP contribution < -0.4 is 21.3 Å². The molecule has 0 aromatic heterocycles. The normalized spacial score (nSPS) is 22.6. The maximum absolute atomic E-state index is 14.5. The van der Waals surface area contributed by atoms with Gasteiger partial charge in [0.2, 0.25) is 29.4 Å². The average molecular weight is 729 g/mol. The van der Waals surface area contributed by atoms with Crippen LogP contribution in [0.25, 0.3) is 0 Å². The first-order valence-electron chi connectivity index (χ1n) is 18.9. The van der Waals surface area contributed by atoms with Crippen molar-refractivity contribution in [2.45, 2.75) is 138 Å². The van der Waals surface area contributed by atoms with Crippen molar-refractivity contribution >= 4 is 41.4 Å². The molecule has 0 spiro atoms. The summed E-state index contributed by atoms with van der Waals surface area (Å²) in [6, 6.07) is -4.25. The molecule has 52 heavy (non-hydrogen) atoms. The lowest BCUT2D eigenvalue weighted by Crippen LogP contribution is -2.62. The summed E-state index contributed by atoms with van der Waals surface area (Å²) in [5.41, 5.74) is -1.76. The molecule has 3 rings (SSSR count). The average Bonchev–Trinajstić information content (AvgIpc) is 3.45. The highest BCUT2D eigenvalue weighted by Gasteiger charge is 2.47. The highest BCUT2D eigenvalue weighted by molar-refractivity contribution is 6.38. The molecule has 1 saturated carbocycles. The van der Waals surface area contributed by atoms with Crippen LogP contribution in [0.4, 0.5) is 4.79 Å². The van der Waals surface area contributed by atoms with Gasteiger partial charge in [0.15, 0.2) is 0 Å². The molecule has 0 radical (unpaired) electrons. The number of amides is 7. The number of nitrogens with one attached hydrogen (secondary N) is 4. The van der Waals surface area contributed by atoms with E-state index in [2.05, 4.69) is 27.8 Å². The van der Waals surface area contributed by atoms with Crippen molar-refractivity contribution in [1.29, 1.82) is 0 Å². The van der Waals surface area contributed by atoms with Gasteiger partial charge in [-0.15, -0.1) is 6.58 Å². The van der Waals surface area contributed by atoms with Crippen LogP contribution in [0.1, 0.15) is 114 Å². The van der Waals surface area contributed by atoms with Crippen LogP contribution in [-0.4, -0.2) is 95.0 Å². The Morgan fingerprint density at radius 3 is 2.00 bits per heavy atom. The Hall–Kier alpha value is -3.77. The number of imide groups is 1. The fourth-order valence-corrected chi connectivity index (χ4v) is 7.09. The molecule has 0 aromatic rings. The van der Waals surface area contributed by atoms with Gasteiger partial charge >= 0.3 is 6.03 Å². The number of carbonyl (C=O) groups excluding carboxylic acids is 7. The van der Waals surface area contributed by atoms with E-state index in [0.29, 0.717) is 12.8 Å². The minimum absolute atomic E-state index is 0.00437. The molecule has 1 unspecified atom stereocenters. The van der Waals surface area contributed by atoms with E-state index in [1.54, 1.807) is 0 Å². The van der Waals surface area contributed by atoms with Crippen molar-refractivity contribution in [3.8, 4) is 0 Å². The second kappa shape index (κ2) is 16.9. The number of Topliss-reactive ketones (excluding diaryl/α,β-unsaturated/α-hetero) is 1. The predicted octanol–water partition coefficient (Wildman–Crippen LogP) is 3.71. The smallest absolute Gasteiger partial charge is 0.315 e. The molecule has 3 aliphatic rings. The Morgan fingerprint density at radius 2 is 1.52 bits per heavy atom. The number of hydrogen-bond acceptors (Lipinski definition) is 7. The van der Waals surface area contributed by atoms with E-state index in [-0.39, 0.29) is 62.0 Å². The van der Waals surface area contributed by atoms with Crippen LogP contribution in [-0.2, 0) is 28.8 Å². The van der Waals surface area contributed by atoms with Gasteiger partial charge in [0.1, 0.15) is 12.1 Å². The number of ketones is 1. The minimum Gasteiger partial charge on any atom is -0.346 e. The summed E-state index contributed by atoms with van der Waals surface area (Å²) in [6.07, 6.45) is 5.49. The summed E-state index contributed by atoms with van der Waals surface area (Å²) in [7, 11) is 0. The number of nitrogens with zero attached hydrogens (tertiary/aromatic N) is 2. The maximum Gasteiger partial charge on any atom is 0.315 e. The van der Waals surface area contributed by atoms with E-state index < -0.39 is 69.9 Å². The van der Waals surface area contributed by atoms with Gasteiger partial charge in [-0.05, 0) is 46.8 Å². The molecular formula is C39H64N6O7. The van der Waals surface area contributed by atoms with Gasteiger partial charge in [0.05, 0.1) is 12.1 Å². The zero-order valence-electron chi connectivity index (χ0n) is 33.1. The molecule has 0 aromatic carbocycles. The van der Waals surface area contributed by atoms with E-state index in [9.17, 15) is 33.6 Å². The zero-order chi connectivity index (χ0) is 39.3. The highest BCUT2D eigenvalue weighted by Crippen LogP contribution is 2.35. The first kappa shape index (κ1) is 42.6. The number of likely N-dealkylation sites (tertiary alicyclic amines) is 2. The van der Waals surface area contributed by atoms with Crippen LogP contribution in [0.5, 0.6) is 0 Å². The third-order valence-electron chi connectivity index (χ3n) is 10.9. The number of piperidine rings is 1. The number of urea groups is 1. The van der Waals surface area contributed by atoms with Crippen molar-refractivity contribution in [3.63, 3.8) is 0 Å². The standard InChI is InChI=1S/C39H64N6O7/c1-12-16-40-34(50)31(48)26(17-24-14-13-15-24)41-33(49)27-18-25(23(2)3)21-44(27)35(51)32(38(7,8)9)43-36(52)42-28(37(4,5)6)22-45-29(46)19-39(10,11)20-30(45)47/h12,23-28,32H,1,13-22H2,2-11H3,(H,40,50)(H,41,49)(H2,42,43,52)/t25-,26?,27+,28-,32-/m1/s1. The van der Waals surface area contributed by atoms with E-state index in [0.717, 1.165) is 19.3 Å². The lowest BCUT2D eigenvalue weighted by Gasteiger charge is -2.40. The Kier molecular flexibility index (Phi) is 13.9. The molecule has 13 heteroatoms. The number of hydrogen-bond donors (Lipinski definition) is 4. The lowest BCUT2D eigenvalue weighted by atomic mass is 9.80. The maximum atomic E-state index is 14.5. The molecule has 2 aliphatic heterocycles. The molecule has 2 saturated heterocycles. The first-order valence-corrected chi connectivity index (χ1v) is 18.9. The Morgan fingerprint density at radius 1 is 0.923 bits per heavy atom. The van der Waals surface area contributed by atoms with Crippen LogP contribution in [0.2, 0.25) is 0 Å². The van der Waals surface area contributed by atoms with Crippen LogP contribution in [0, 0.1) is 34.0 Å². The molecule has 13 nitrogen and oxygen atoms in total. The summed E-state index contributed by atoms with van der Waals surface area (Å²) in [5, 5.41) is 11.2. The van der Waals surface area contributed by atoms with Crippen LogP contribution in [0.15, 0.2) is 12.7 Å². The van der Waals surface area contributed by atoms with Gasteiger partial charge in [-0.1, -0.05) is 94.6 Å². The van der Waals surface area contributed by atoms with Gasteiger partial charge in [0.25, 0.3) is 5.91 Å². The number of carbonyl (C=O) groups is 7. The topological polar surface area (TPSA) is 174 Å². The third-order valence-corrected chi connectivity index (χ3v) is 10.9. The van der Waals surface area contributed by atoms with Crippen LogP contribution >= 0.6 is 0 Å². The molecule has 4 N–H and O–H groups in total. The molecule has 5 atom stereocenters. The van der Waals surface area contributed by atoms with Crippen molar-refractivity contribution in [3.05, 3.63) is 12.7 Å². The fourth-order valence-electron chi connectivity index (χ4n) is 7.09. The molecule has 292 valence electrons. The van der Waals surface area contributed by atoms with Crippen molar-refractivity contribution in [1.82, 2.24) is 31.1 Å². The second-order valence-electron chi connectivity index (χ2n) is 18.5. The first-order chi connectivity index (χ1) is 23.9. The third kappa shape index (κ3) is 11.1. The summed E-state index contributed by atoms with van der Waals surface area (Å²) in [6.45, 7) is 23.0. The predicted molar refractivity (Wildman–Crippen MR) is 198 cm³/mol. The summed E-state index contributed by atoms with van der Waals surface area (Å²) in [5.74, 6) is -2.68. The Bertz CT molecular complexity index is 1370. The monoisotopic (exact) mass is 728 g/mol. The fraction of sp³-hybridized carbons (Fsp3) is 0.769. The highest BCUT2D eigenvalue weighted by atomic mass is 16.2. The molecule has 3 fully saturated rings. The minimum atomic E-state index is -1.05. The van der Waals surface area contributed by atoms with Gasteiger partial charge < -0.3 is 26.2 Å². The SMILES string of the molecule is C=CCNC(=O)C(=O)C(CC1CCC1)NC(=O)[C@@H]1C[C@@H](C(C)C)CN1C(=O)[C@@H](NC(=O)N[C@H](CN1C(=O)CC(C)(C)CC1=O)C(C)(C)C)C(C)(C)C. The van der Waals surface area contributed by atoms with Crippen molar-refractivity contribution in [2.24, 2.45) is 34.0 Å². The Labute approximate surface area is 310 Å². The van der Waals surface area contributed by atoms with Crippen molar-refractivity contribution < 1.29 is 33.6 Å². The molecule has 2 heterocycles. The lowest BCUT2D eigenvalue weighted by molar-refractivity contribution is -0.153. The molecule has 1 aliphatic carbocycles. The zero-order valence-corrected chi connectivity index (χ0v) is 33.1. The van der Waals surface area contributed by atoms with Gasteiger partial charge in [-0.2, -0.15) is 0 Å². The summed E-state index contributed by atoms with van der Waals surface area (Å²) in [4.78, 5) is 96.8. The Balaban J connectivity index is 1.83. The summed E-state index contributed by atoms with van der Waals surface area (Å²) < 4.78 is 0. The summed E-state index contributed by atoms with van der Waals surface area (Å²) >= 11 is 0. The van der Waals surface area contributed by atoms with Crippen LogP contribution in [0.3, 0.4) is 0 Å². The van der Waals surface area contributed by atoms with E-state index in [1.807, 2.05) is 69.2 Å². The van der Waals surface area contributed by atoms with Gasteiger partial charge in [0, 0.05) is 32.5 Å². The van der Waals surface area contributed by atoms with Gasteiger partial charge in [-0.25, -0.2) is 4.79 Å². The largest absolute Gasteiger partial charge is 0.346 e. The quantitative estimate of drug-likeness (QED) is 0.120. The molecule has 7 amide bonds. The molecule has 0 bridgehead atoms. The van der Waals surface area contributed by atoms with E-state index in [4.69, 9.17) is 0 Å².